The molecule has 1 aliphatic rings. The first-order chi connectivity index (χ1) is 14.2. The predicted molar refractivity (Wildman–Crippen MR) is 112 cm³/mol. The molecule has 2 N–H and O–H groups in total. The van der Waals surface area contributed by atoms with Gasteiger partial charge in [0.25, 0.3) is 0 Å². The Balaban J connectivity index is 1.78. The average molecular weight is 411 g/mol. The number of hydrogen-bond acceptors (Lipinski definition) is 5. The number of ketones is 1. The van der Waals surface area contributed by atoms with Crippen LogP contribution in [0.1, 0.15) is 57.4 Å². The second-order valence-electron chi connectivity index (χ2n) is 7.40. The van der Waals surface area contributed by atoms with Crippen LogP contribution >= 0.6 is 0 Å². The van der Waals surface area contributed by atoms with Crippen molar-refractivity contribution in [3.05, 3.63) is 46.3 Å². The number of aromatic amines is 1. The summed E-state index contributed by atoms with van der Waals surface area (Å²) in [5.74, 6) is -1.07. The lowest BCUT2D eigenvalue weighted by Crippen LogP contribution is -2.24. The van der Waals surface area contributed by atoms with Gasteiger partial charge in [-0.05, 0) is 49.6 Å². The molecule has 0 spiro atoms. The molecule has 8 heteroatoms. The standard InChI is InChI=1S/C22H25N3O5/c1-12-10-15(7-8-17(12)25-9-5-6-19(25)28)23-18(27)11-16-20(22(29)30-4)13(2)21(24-16)14(3)26/h7-8,10,24H,5-6,9,11H2,1-4H3,(H,23,27). The summed E-state index contributed by atoms with van der Waals surface area (Å²) >= 11 is 0. The highest BCUT2D eigenvalue weighted by atomic mass is 16.5. The summed E-state index contributed by atoms with van der Waals surface area (Å²) < 4.78 is 4.80. The third-order valence-corrected chi connectivity index (χ3v) is 5.25. The molecule has 0 saturated carbocycles. The van der Waals surface area contributed by atoms with Gasteiger partial charge in [0.2, 0.25) is 11.8 Å². The Morgan fingerprint density at radius 2 is 1.97 bits per heavy atom. The maximum absolute atomic E-state index is 12.6. The molecular formula is C22H25N3O5. The van der Waals surface area contributed by atoms with Crippen molar-refractivity contribution in [2.45, 2.75) is 40.0 Å². The first-order valence-corrected chi connectivity index (χ1v) is 9.74. The molecule has 0 atom stereocenters. The highest BCUT2D eigenvalue weighted by Crippen LogP contribution is 2.28. The van der Waals surface area contributed by atoms with Gasteiger partial charge >= 0.3 is 5.97 Å². The molecule has 1 saturated heterocycles. The smallest absolute Gasteiger partial charge is 0.339 e. The van der Waals surface area contributed by atoms with Crippen LogP contribution in [0.5, 0.6) is 0 Å². The molecule has 1 aromatic carbocycles. The predicted octanol–water partition coefficient (Wildman–Crippen LogP) is 2.93. The number of hydrogen-bond donors (Lipinski definition) is 2. The van der Waals surface area contributed by atoms with Crippen LogP contribution in [-0.2, 0) is 20.7 Å². The topological polar surface area (TPSA) is 109 Å². The molecule has 2 aromatic rings. The fourth-order valence-electron chi connectivity index (χ4n) is 3.83. The summed E-state index contributed by atoms with van der Waals surface area (Å²) in [4.78, 5) is 53.2. The second kappa shape index (κ2) is 8.52. The zero-order valence-electron chi connectivity index (χ0n) is 17.5. The van der Waals surface area contributed by atoms with Crippen LogP contribution in [-0.4, -0.2) is 42.2 Å². The number of aromatic nitrogens is 1. The number of carbonyl (C=O) groups is 4. The van der Waals surface area contributed by atoms with E-state index >= 15 is 0 Å². The van der Waals surface area contributed by atoms with Crippen molar-refractivity contribution in [3.63, 3.8) is 0 Å². The number of aryl methyl sites for hydroxylation is 1. The minimum atomic E-state index is -0.602. The average Bonchev–Trinajstić information content (AvgIpc) is 3.24. The van der Waals surface area contributed by atoms with Crippen LogP contribution in [0.4, 0.5) is 11.4 Å². The molecule has 0 unspecified atom stereocenters. The molecule has 158 valence electrons. The SMILES string of the molecule is COC(=O)c1c(CC(=O)Nc2ccc(N3CCCC3=O)c(C)c2)[nH]c(C(C)=O)c1C. The monoisotopic (exact) mass is 411 g/mol. The van der Waals surface area contributed by atoms with E-state index in [1.807, 2.05) is 13.0 Å². The van der Waals surface area contributed by atoms with Crippen molar-refractivity contribution in [1.29, 1.82) is 0 Å². The number of ether oxygens (including phenoxy) is 1. The number of carbonyl (C=O) groups excluding carboxylic acids is 4. The molecular weight excluding hydrogens is 386 g/mol. The van der Waals surface area contributed by atoms with Crippen molar-refractivity contribution >= 4 is 34.9 Å². The molecule has 1 aliphatic heterocycles. The second-order valence-corrected chi connectivity index (χ2v) is 7.40. The van der Waals surface area contributed by atoms with Crippen LogP contribution < -0.4 is 10.2 Å². The molecule has 3 rings (SSSR count). The van der Waals surface area contributed by atoms with Crippen LogP contribution in [0, 0.1) is 13.8 Å². The Kier molecular flexibility index (Phi) is 6.05. The summed E-state index contributed by atoms with van der Waals surface area (Å²) in [6, 6.07) is 5.37. The van der Waals surface area contributed by atoms with Gasteiger partial charge in [-0.1, -0.05) is 0 Å². The van der Waals surface area contributed by atoms with E-state index in [0.717, 1.165) is 17.7 Å². The molecule has 8 nitrogen and oxygen atoms in total. The number of H-pyrrole nitrogens is 1. The summed E-state index contributed by atoms with van der Waals surface area (Å²) in [6.45, 7) is 5.62. The number of rotatable bonds is 6. The van der Waals surface area contributed by atoms with E-state index < -0.39 is 5.97 Å². The Morgan fingerprint density at radius 3 is 2.53 bits per heavy atom. The van der Waals surface area contributed by atoms with Crippen LogP contribution in [0.15, 0.2) is 18.2 Å². The molecule has 0 aliphatic carbocycles. The number of nitrogens with one attached hydrogen (secondary N) is 2. The Morgan fingerprint density at radius 1 is 1.23 bits per heavy atom. The maximum atomic E-state index is 12.6. The van der Waals surface area contributed by atoms with E-state index in [0.29, 0.717) is 29.9 Å². The Hall–Kier alpha value is -3.42. The van der Waals surface area contributed by atoms with Gasteiger partial charge in [-0.3, -0.25) is 14.4 Å². The first-order valence-electron chi connectivity index (χ1n) is 9.74. The van der Waals surface area contributed by atoms with Crippen LogP contribution in [0.25, 0.3) is 0 Å². The van der Waals surface area contributed by atoms with E-state index in [9.17, 15) is 19.2 Å². The number of Topliss-reactive ketones (excluding diaryl/α,β-unsaturated/α-hetero) is 1. The summed E-state index contributed by atoms with van der Waals surface area (Å²) in [5, 5.41) is 2.80. The zero-order valence-corrected chi connectivity index (χ0v) is 17.5. The third-order valence-electron chi connectivity index (χ3n) is 5.25. The molecule has 30 heavy (non-hydrogen) atoms. The van der Waals surface area contributed by atoms with Gasteiger partial charge in [-0.15, -0.1) is 0 Å². The molecule has 2 heterocycles. The minimum Gasteiger partial charge on any atom is -0.465 e. The van der Waals surface area contributed by atoms with Crippen molar-refractivity contribution in [2.75, 3.05) is 23.9 Å². The summed E-state index contributed by atoms with van der Waals surface area (Å²) in [7, 11) is 1.25. The fraction of sp³-hybridized carbons (Fsp3) is 0.364. The van der Waals surface area contributed by atoms with Crippen molar-refractivity contribution in [3.8, 4) is 0 Å². The molecule has 1 aromatic heterocycles. The van der Waals surface area contributed by atoms with E-state index in [4.69, 9.17) is 4.74 Å². The van der Waals surface area contributed by atoms with E-state index in [1.54, 1.807) is 24.0 Å². The van der Waals surface area contributed by atoms with Crippen LogP contribution in [0.3, 0.4) is 0 Å². The number of esters is 1. The van der Waals surface area contributed by atoms with Gasteiger partial charge < -0.3 is 19.9 Å². The fourth-order valence-corrected chi connectivity index (χ4v) is 3.83. The van der Waals surface area contributed by atoms with E-state index in [2.05, 4.69) is 10.3 Å². The lowest BCUT2D eigenvalue weighted by atomic mass is 10.1. The molecule has 1 fully saturated rings. The van der Waals surface area contributed by atoms with Gasteiger partial charge in [0.15, 0.2) is 5.78 Å². The number of benzene rings is 1. The van der Waals surface area contributed by atoms with E-state index in [1.165, 1.54) is 14.0 Å². The zero-order chi connectivity index (χ0) is 22.0. The Bertz CT molecular complexity index is 1040. The lowest BCUT2D eigenvalue weighted by molar-refractivity contribution is -0.117. The number of amides is 2. The largest absolute Gasteiger partial charge is 0.465 e. The highest BCUT2D eigenvalue weighted by molar-refractivity contribution is 6.02. The van der Waals surface area contributed by atoms with Crippen molar-refractivity contribution in [2.24, 2.45) is 0 Å². The van der Waals surface area contributed by atoms with Gasteiger partial charge in [0.1, 0.15) is 0 Å². The lowest BCUT2D eigenvalue weighted by Gasteiger charge is -2.19. The molecule has 2 amide bonds. The number of anilines is 2. The highest BCUT2D eigenvalue weighted by Gasteiger charge is 2.25. The molecule has 0 radical (unpaired) electrons. The van der Waals surface area contributed by atoms with Gasteiger partial charge in [0, 0.05) is 37.0 Å². The minimum absolute atomic E-state index is 0.105. The number of nitrogens with zero attached hydrogens (tertiary/aromatic N) is 1. The van der Waals surface area contributed by atoms with Crippen molar-refractivity contribution < 1.29 is 23.9 Å². The quantitative estimate of drug-likeness (QED) is 0.561. The van der Waals surface area contributed by atoms with Gasteiger partial charge in [-0.25, -0.2) is 4.79 Å². The first kappa shape index (κ1) is 21.3. The third kappa shape index (κ3) is 4.12. The maximum Gasteiger partial charge on any atom is 0.339 e. The normalized spacial score (nSPS) is 13.5. The molecule has 0 bridgehead atoms. The Labute approximate surface area is 174 Å². The summed E-state index contributed by atoms with van der Waals surface area (Å²) in [5.41, 5.74) is 3.60. The van der Waals surface area contributed by atoms with E-state index in [-0.39, 0.29) is 35.3 Å². The van der Waals surface area contributed by atoms with Gasteiger partial charge in [0.05, 0.1) is 24.8 Å². The number of methoxy groups -OCH3 is 1. The van der Waals surface area contributed by atoms with Crippen molar-refractivity contribution in [1.82, 2.24) is 4.98 Å². The van der Waals surface area contributed by atoms with Crippen LogP contribution in [0.2, 0.25) is 0 Å². The van der Waals surface area contributed by atoms with Gasteiger partial charge in [-0.2, -0.15) is 0 Å². The summed E-state index contributed by atoms with van der Waals surface area (Å²) in [6.07, 6.45) is 1.28.